The molecule has 2 aromatic carbocycles. The van der Waals surface area contributed by atoms with Gasteiger partial charge in [0.1, 0.15) is 0 Å². The fourth-order valence-electron chi connectivity index (χ4n) is 2.32. The summed E-state index contributed by atoms with van der Waals surface area (Å²) in [6.07, 6.45) is 3.25. The maximum atomic E-state index is 11.7. The fraction of sp³-hybridized carbons (Fsp3) is 0. The number of aromatic nitrogens is 1. The van der Waals surface area contributed by atoms with Crippen LogP contribution in [0.3, 0.4) is 0 Å². The van der Waals surface area contributed by atoms with Crippen LogP contribution in [0.2, 0.25) is 0 Å². The van der Waals surface area contributed by atoms with Gasteiger partial charge in [-0.2, -0.15) is 0 Å². The lowest BCUT2D eigenvalue weighted by Gasteiger charge is -2.07. The first-order valence-corrected chi connectivity index (χ1v) is 6.60. The minimum Gasteiger partial charge on any atom is -0.478 e. The number of hydrogen-bond acceptors (Lipinski definition) is 2. The van der Waals surface area contributed by atoms with Crippen LogP contribution in [0, 0.1) is 0 Å². The van der Waals surface area contributed by atoms with Crippen molar-refractivity contribution in [2.45, 2.75) is 0 Å². The Balaban J connectivity index is 2.22. The molecule has 0 aliphatic carbocycles. The van der Waals surface area contributed by atoms with Gasteiger partial charge in [-0.1, -0.05) is 48.5 Å². The molecule has 0 spiro atoms. The van der Waals surface area contributed by atoms with Crippen LogP contribution in [-0.4, -0.2) is 16.1 Å². The predicted octanol–water partition coefficient (Wildman–Crippen LogP) is 3.86. The number of benzene rings is 2. The summed E-state index contributed by atoms with van der Waals surface area (Å²) in [6.45, 7) is 0. The van der Waals surface area contributed by atoms with Crippen LogP contribution >= 0.6 is 0 Å². The monoisotopic (exact) mass is 275 g/mol. The Hall–Kier alpha value is -2.94. The zero-order valence-electron chi connectivity index (χ0n) is 11.2. The summed E-state index contributed by atoms with van der Waals surface area (Å²) in [7, 11) is 0. The summed E-state index contributed by atoms with van der Waals surface area (Å²) in [5, 5.41) is 11.5. The summed E-state index contributed by atoms with van der Waals surface area (Å²) in [5.74, 6) is -0.961. The van der Waals surface area contributed by atoms with Gasteiger partial charge in [0.05, 0.1) is 11.3 Å². The molecule has 0 atom stereocenters. The Kier molecular flexibility index (Phi) is 3.48. The molecule has 3 nitrogen and oxygen atoms in total. The molecule has 0 aliphatic heterocycles. The van der Waals surface area contributed by atoms with Crippen molar-refractivity contribution in [2.75, 3.05) is 0 Å². The van der Waals surface area contributed by atoms with Crippen LogP contribution in [0.25, 0.3) is 22.4 Å². The van der Waals surface area contributed by atoms with Crippen molar-refractivity contribution in [1.29, 1.82) is 0 Å². The van der Waals surface area contributed by atoms with Gasteiger partial charge in [0, 0.05) is 6.20 Å². The van der Waals surface area contributed by atoms with Crippen molar-refractivity contribution in [1.82, 2.24) is 4.98 Å². The number of carboxylic acids is 1. The Morgan fingerprint density at radius 3 is 2.48 bits per heavy atom. The van der Waals surface area contributed by atoms with Crippen LogP contribution < -0.4 is 0 Å². The highest BCUT2D eigenvalue weighted by Crippen LogP contribution is 2.26. The normalized spacial score (nSPS) is 11.5. The molecule has 21 heavy (non-hydrogen) atoms. The first-order chi connectivity index (χ1) is 10.3. The molecule has 3 heteroatoms. The average Bonchev–Trinajstić information content (AvgIpc) is 2.53. The lowest BCUT2D eigenvalue weighted by Crippen LogP contribution is -2.00. The number of aliphatic carboxylic acids is 1. The van der Waals surface area contributed by atoms with E-state index in [4.69, 9.17) is 0 Å². The highest BCUT2D eigenvalue weighted by Gasteiger charge is 2.13. The number of pyridine rings is 1. The second kappa shape index (κ2) is 5.59. The Morgan fingerprint density at radius 1 is 0.952 bits per heavy atom. The molecule has 3 aromatic rings. The molecule has 0 amide bonds. The molecule has 1 heterocycles. The summed E-state index contributed by atoms with van der Waals surface area (Å²) < 4.78 is 0. The number of fused-ring (bicyclic) bond motifs is 1. The zero-order chi connectivity index (χ0) is 14.7. The van der Waals surface area contributed by atoms with Gasteiger partial charge in [-0.3, -0.25) is 4.98 Å². The van der Waals surface area contributed by atoms with Crippen molar-refractivity contribution < 1.29 is 9.90 Å². The van der Waals surface area contributed by atoms with Crippen LogP contribution in [0.15, 0.2) is 66.9 Å². The predicted molar refractivity (Wildman–Crippen MR) is 83.7 cm³/mol. The molecule has 0 aliphatic rings. The topological polar surface area (TPSA) is 50.2 Å². The minimum absolute atomic E-state index is 0.241. The van der Waals surface area contributed by atoms with Gasteiger partial charge < -0.3 is 5.11 Å². The Bertz CT molecular complexity index is 818. The first-order valence-electron chi connectivity index (χ1n) is 6.60. The van der Waals surface area contributed by atoms with Gasteiger partial charge in [0.2, 0.25) is 0 Å². The van der Waals surface area contributed by atoms with Gasteiger partial charge in [-0.15, -0.1) is 0 Å². The van der Waals surface area contributed by atoms with Gasteiger partial charge in [0.25, 0.3) is 0 Å². The second-order valence-corrected chi connectivity index (χ2v) is 4.64. The molecule has 0 saturated carbocycles. The van der Waals surface area contributed by atoms with Gasteiger partial charge in [-0.05, 0) is 34.5 Å². The van der Waals surface area contributed by atoms with Crippen molar-refractivity contribution in [3.05, 3.63) is 78.1 Å². The van der Waals surface area contributed by atoms with Crippen LogP contribution in [0.1, 0.15) is 11.3 Å². The second-order valence-electron chi connectivity index (χ2n) is 4.64. The van der Waals surface area contributed by atoms with Crippen LogP contribution in [0.5, 0.6) is 0 Å². The molecular weight excluding hydrogens is 262 g/mol. The molecule has 0 saturated heterocycles. The highest BCUT2D eigenvalue weighted by atomic mass is 16.4. The molecule has 102 valence electrons. The van der Waals surface area contributed by atoms with Gasteiger partial charge in [0.15, 0.2) is 0 Å². The molecular formula is C18H13NO2. The maximum Gasteiger partial charge on any atom is 0.336 e. The zero-order valence-corrected chi connectivity index (χ0v) is 11.2. The van der Waals surface area contributed by atoms with Crippen molar-refractivity contribution >= 4 is 28.4 Å². The number of nitrogens with zero attached hydrogens (tertiary/aromatic N) is 1. The molecule has 0 fully saturated rings. The van der Waals surface area contributed by atoms with E-state index < -0.39 is 5.97 Å². The maximum absolute atomic E-state index is 11.7. The van der Waals surface area contributed by atoms with E-state index in [0.29, 0.717) is 11.3 Å². The highest BCUT2D eigenvalue weighted by molar-refractivity contribution is 6.23. The van der Waals surface area contributed by atoms with Crippen LogP contribution in [0.4, 0.5) is 0 Å². The van der Waals surface area contributed by atoms with Crippen molar-refractivity contribution in [2.24, 2.45) is 0 Å². The summed E-state index contributed by atoms with van der Waals surface area (Å²) >= 11 is 0. The van der Waals surface area contributed by atoms with Crippen molar-refractivity contribution in [3.63, 3.8) is 0 Å². The first kappa shape index (κ1) is 13.1. The van der Waals surface area contributed by atoms with Crippen molar-refractivity contribution in [3.8, 4) is 0 Å². The largest absolute Gasteiger partial charge is 0.478 e. The standard InChI is InChI=1S/C18H13NO2/c20-18(21)17(12-14-8-3-4-11-19-14)16-10-5-7-13-6-1-2-9-15(13)16/h1-12H,(H,20,21)/b17-12-. The SMILES string of the molecule is O=C(O)/C(=C\c1ccccn1)c1cccc2ccccc12. The number of carbonyl (C=O) groups is 1. The quantitative estimate of drug-likeness (QED) is 0.738. The fourth-order valence-corrected chi connectivity index (χ4v) is 2.32. The average molecular weight is 275 g/mol. The molecule has 0 unspecified atom stereocenters. The minimum atomic E-state index is -0.961. The summed E-state index contributed by atoms with van der Waals surface area (Å²) in [4.78, 5) is 15.8. The number of carboxylic acid groups (broad SMARTS) is 1. The molecule has 1 aromatic heterocycles. The molecule has 1 N–H and O–H groups in total. The Labute approximate surface area is 122 Å². The smallest absolute Gasteiger partial charge is 0.336 e. The third-order valence-electron chi connectivity index (χ3n) is 3.29. The third-order valence-corrected chi connectivity index (χ3v) is 3.29. The van der Waals surface area contributed by atoms with E-state index in [0.717, 1.165) is 10.8 Å². The lowest BCUT2D eigenvalue weighted by molar-refractivity contribution is -0.130. The van der Waals surface area contributed by atoms with E-state index in [1.54, 1.807) is 24.4 Å². The van der Waals surface area contributed by atoms with Crippen LogP contribution in [-0.2, 0) is 4.79 Å². The van der Waals surface area contributed by atoms with E-state index in [2.05, 4.69) is 4.98 Å². The van der Waals surface area contributed by atoms with E-state index in [1.165, 1.54) is 0 Å². The van der Waals surface area contributed by atoms with E-state index in [9.17, 15) is 9.90 Å². The third kappa shape index (κ3) is 2.67. The van der Waals surface area contributed by atoms with E-state index in [1.807, 2.05) is 48.5 Å². The summed E-state index contributed by atoms with van der Waals surface area (Å²) in [6, 6.07) is 18.8. The number of rotatable bonds is 3. The van der Waals surface area contributed by atoms with E-state index in [-0.39, 0.29) is 5.57 Å². The lowest BCUT2D eigenvalue weighted by atomic mass is 9.97. The van der Waals surface area contributed by atoms with E-state index >= 15 is 0 Å². The molecule has 3 rings (SSSR count). The van der Waals surface area contributed by atoms with Gasteiger partial charge >= 0.3 is 5.97 Å². The molecule has 0 bridgehead atoms. The molecule has 0 radical (unpaired) electrons. The summed E-state index contributed by atoms with van der Waals surface area (Å²) in [5.41, 5.74) is 1.57. The van der Waals surface area contributed by atoms with Gasteiger partial charge in [-0.25, -0.2) is 4.79 Å². The number of hydrogen-bond donors (Lipinski definition) is 1. The Morgan fingerprint density at radius 2 is 1.71 bits per heavy atom.